The van der Waals surface area contributed by atoms with Gasteiger partial charge in [0.25, 0.3) is 5.91 Å². The van der Waals surface area contributed by atoms with Crippen molar-refractivity contribution in [2.75, 3.05) is 18.2 Å². The SMILES string of the molecule is COc1ccccc1C(=O)Nc1ccc(OC(=O)CSc2ccc(F)cc2F)cc1. The van der Waals surface area contributed by atoms with E-state index in [-0.39, 0.29) is 22.3 Å². The molecule has 0 bridgehead atoms. The van der Waals surface area contributed by atoms with Gasteiger partial charge in [0.05, 0.1) is 18.4 Å². The number of esters is 1. The number of para-hydroxylation sites is 1. The quantitative estimate of drug-likeness (QED) is 0.328. The van der Waals surface area contributed by atoms with Crippen LogP contribution in [0.1, 0.15) is 10.4 Å². The molecule has 0 aromatic heterocycles. The van der Waals surface area contributed by atoms with E-state index in [0.717, 1.165) is 23.9 Å². The smallest absolute Gasteiger partial charge is 0.321 e. The standard InChI is InChI=1S/C22H17F2NO4S/c1-28-19-5-3-2-4-17(19)22(27)25-15-7-9-16(10-8-15)29-21(26)13-30-20-11-6-14(23)12-18(20)24/h2-12H,13H2,1H3,(H,25,27). The van der Waals surface area contributed by atoms with Crippen LogP contribution in [0.25, 0.3) is 0 Å². The third-order valence-corrected chi connectivity index (χ3v) is 4.96. The molecule has 0 radical (unpaired) electrons. The molecule has 0 aliphatic rings. The zero-order valence-electron chi connectivity index (χ0n) is 15.9. The second-order valence-corrected chi connectivity index (χ2v) is 7.03. The van der Waals surface area contributed by atoms with Crippen LogP contribution in [0.4, 0.5) is 14.5 Å². The van der Waals surface area contributed by atoms with Crippen molar-refractivity contribution in [2.24, 2.45) is 0 Å². The first kappa shape index (κ1) is 21.3. The minimum Gasteiger partial charge on any atom is -0.496 e. The third kappa shape index (κ3) is 5.57. The van der Waals surface area contributed by atoms with Gasteiger partial charge in [-0.25, -0.2) is 8.78 Å². The maximum Gasteiger partial charge on any atom is 0.321 e. The van der Waals surface area contributed by atoms with Gasteiger partial charge in [0.15, 0.2) is 0 Å². The van der Waals surface area contributed by atoms with Gasteiger partial charge in [0, 0.05) is 16.6 Å². The maximum absolute atomic E-state index is 13.6. The lowest BCUT2D eigenvalue weighted by molar-refractivity contribution is -0.131. The fourth-order valence-electron chi connectivity index (χ4n) is 2.53. The van der Waals surface area contributed by atoms with Crippen molar-refractivity contribution in [3.63, 3.8) is 0 Å². The van der Waals surface area contributed by atoms with Crippen LogP contribution in [0, 0.1) is 11.6 Å². The molecule has 1 amide bonds. The van der Waals surface area contributed by atoms with Crippen LogP contribution in [0.2, 0.25) is 0 Å². The van der Waals surface area contributed by atoms with Gasteiger partial charge < -0.3 is 14.8 Å². The molecule has 3 rings (SSSR count). The van der Waals surface area contributed by atoms with Gasteiger partial charge >= 0.3 is 5.97 Å². The summed E-state index contributed by atoms with van der Waals surface area (Å²) in [4.78, 5) is 24.5. The molecule has 0 saturated heterocycles. The van der Waals surface area contributed by atoms with Crippen molar-refractivity contribution < 1.29 is 27.8 Å². The summed E-state index contributed by atoms with van der Waals surface area (Å²) in [5.74, 6) is -1.76. The Morgan fingerprint density at radius 3 is 2.43 bits per heavy atom. The van der Waals surface area contributed by atoms with Gasteiger partial charge in [-0.15, -0.1) is 11.8 Å². The van der Waals surface area contributed by atoms with Gasteiger partial charge in [0.2, 0.25) is 0 Å². The second-order valence-electron chi connectivity index (χ2n) is 6.02. The summed E-state index contributed by atoms with van der Waals surface area (Å²) in [6.07, 6.45) is 0. The fourth-order valence-corrected chi connectivity index (χ4v) is 3.22. The summed E-state index contributed by atoms with van der Waals surface area (Å²) in [6.45, 7) is 0. The Balaban J connectivity index is 1.55. The van der Waals surface area contributed by atoms with Gasteiger partial charge in [-0.2, -0.15) is 0 Å². The zero-order chi connectivity index (χ0) is 21.5. The first-order chi connectivity index (χ1) is 14.5. The minimum atomic E-state index is -0.733. The van der Waals surface area contributed by atoms with Crippen LogP contribution in [0.15, 0.2) is 71.6 Å². The number of anilines is 1. The van der Waals surface area contributed by atoms with Crippen molar-refractivity contribution in [3.8, 4) is 11.5 Å². The highest BCUT2D eigenvalue weighted by molar-refractivity contribution is 8.00. The Hall–Kier alpha value is -3.39. The number of rotatable bonds is 7. The highest BCUT2D eigenvalue weighted by atomic mass is 32.2. The van der Waals surface area contributed by atoms with Gasteiger partial charge in [0.1, 0.15) is 23.1 Å². The van der Waals surface area contributed by atoms with Crippen molar-refractivity contribution >= 4 is 29.3 Å². The molecule has 5 nitrogen and oxygen atoms in total. The number of ether oxygens (including phenoxy) is 2. The number of benzene rings is 3. The normalized spacial score (nSPS) is 10.4. The Morgan fingerprint density at radius 2 is 1.73 bits per heavy atom. The molecule has 3 aromatic rings. The molecule has 0 heterocycles. The zero-order valence-corrected chi connectivity index (χ0v) is 16.7. The summed E-state index contributed by atoms with van der Waals surface area (Å²) < 4.78 is 36.9. The van der Waals surface area contributed by atoms with E-state index in [1.54, 1.807) is 36.4 Å². The predicted molar refractivity (Wildman–Crippen MR) is 110 cm³/mol. The summed E-state index contributed by atoms with van der Waals surface area (Å²) >= 11 is 0.911. The average Bonchev–Trinajstić information content (AvgIpc) is 2.74. The molecule has 0 unspecified atom stereocenters. The molecule has 3 aromatic carbocycles. The maximum atomic E-state index is 13.6. The molecule has 1 N–H and O–H groups in total. The minimum absolute atomic E-state index is 0.144. The molecule has 0 aliphatic heterocycles. The molecule has 0 saturated carbocycles. The lowest BCUT2D eigenvalue weighted by Crippen LogP contribution is -2.13. The summed E-state index contributed by atoms with van der Waals surface area (Å²) in [6, 6.07) is 16.2. The lowest BCUT2D eigenvalue weighted by Gasteiger charge is -2.10. The van der Waals surface area contributed by atoms with Crippen LogP contribution >= 0.6 is 11.8 Å². The van der Waals surface area contributed by atoms with Crippen molar-refractivity contribution in [3.05, 3.63) is 83.9 Å². The molecule has 30 heavy (non-hydrogen) atoms. The Morgan fingerprint density at radius 1 is 1.00 bits per heavy atom. The number of carbonyl (C=O) groups is 2. The van der Waals surface area contributed by atoms with Crippen molar-refractivity contribution in [1.29, 1.82) is 0 Å². The lowest BCUT2D eigenvalue weighted by atomic mass is 10.2. The number of hydrogen-bond acceptors (Lipinski definition) is 5. The largest absolute Gasteiger partial charge is 0.496 e. The number of amides is 1. The molecular weight excluding hydrogens is 412 g/mol. The Bertz CT molecular complexity index is 1060. The fraction of sp³-hybridized carbons (Fsp3) is 0.0909. The number of methoxy groups -OCH3 is 1. The number of nitrogens with one attached hydrogen (secondary N) is 1. The van der Waals surface area contributed by atoms with E-state index in [4.69, 9.17) is 9.47 Å². The molecule has 0 atom stereocenters. The first-order valence-electron chi connectivity index (χ1n) is 8.79. The Labute approximate surface area is 176 Å². The summed E-state index contributed by atoms with van der Waals surface area (Å²) in [7, 11) is 1.48. The number of thioether (sulfide) groups is 1. The predicted octanol–water partition coefficient (Wildman–Crippen LogP) is 4.92. The van der Waals surface area contributed by atoms with E-state index in [9.17, 15) is 18.4 Å². The highest BCUT2D eigenvalue weighted by Gasteiger charge is 2.13. The van der Waals surface area contributed by atoms with Crippen molar-refractivity contribution in [1.82, 2.24) is 0 Å². The topological polar surface area (TPSA) is 64.6 Å². The molecule has 0 aliphatic carbocycles. The van der Waals surface area contributed by atoms with Gasteiger partial charge in [-0.1, -0.05) is 12.1 Å². The van der Waals surface area contributed by atoms with Crippen molar-refractivity contribution in [2.45, 2.75) is 4.90 Å². The highest BCUT2D eigenvalue weighted by Crippen LogP contribution is 2.24. The second kappa shape index (κ2) is 9.89. The van der Waals surface area contributed by atoms with E-state index >= 15 is 0 Å². The van der Waals surface area contributed by atoms with E-state index in [2.05, 4.69) is 5.32 Å². The summed E-state index contributed by atoms with van der Waals surface area (Å²) in [5.41, 5.74) is 0.897. The monoisotopic (exact) mass is 429 g/mol. The van der Waals surface area contributed by atoms with Gasteiger partial charge in [-0.05, 0) is 48.5 Å². The van der Waals surface area contributed by atoms with Crippen LogP contribution in [0.3, 0.4) is 0 Å². The van der Waals surface area contributed by atoms with E-state index in [0.29, 0.717) is 17.0 Å². The van der Waals surface area contributed by atoms with E-state index in [1.807, 2.05) is 0 Å². The first-order valence-corrected chi connectivity index (χ1v) is 9.78. The van der Waals surface area contributed by atoms with E-state index in [1.165, 1.54) is 25.3 Å². The molecule has 154 valence electrons. The van der Waals surface area contributed by atoms with E-state index < -0.39 is 17.6 Å². The number of carbonyl (C=O) groups excluding carboxylic acids is 2. The van der Waals surface area contributed by atoms with Crippen LogP contribution in [-0.4, -0.2) is 24.7 Å². The van der Waals surface area contributed by atoms with Crippen LogP contribution in [-0.2, 0) is 4.79 Å². The number of hydrogen-bond donors (Lipinski definition) is 1. The molecule has 8 heteroatoms. The third-order valence-electron chi connectivity index (χ3n) is 3.93. The molecular formula is C22H17F2NO4S. The molecule has 0 spiro atoms. The van der Waals surface area contributed by atoms with Gasteiger partial charge in [-0.3, -0.25) is 9.59 Å². The van der Waals surface area contributed by atoms with Crippen LogP contribution < -0.4 is 14.8 Å². The molecule has 0 fully saturated rings. The van der Waals surface area contributed by atoms with Crippen LogP contribution in [0.5, 0.6) is 11.5 Å². The average molecular weight is 429 g/mol. The number of halogens is 2. The Kier molecular flexibility index (Phi) is 7.03. The summed E-state index contributed by atoms with van der Waals surface area (Å²) in [5, 5.41) is 2.74.